The van der Waals surface area contributed by atoms with E-state index in [1.54, 1.807) is 6.20 Å². The van der Waals surface area contributed by atoms with Crippen LogP contribution in [0.4, 0.5) is 0 Å². The van der Waals surface area contributed by atoms with E-state index in [1.807, 2.05) is 19.2 Å². The SMILES string of the molecule is CCC(N)C(c1cccnc1)N1CCC(C)(O)CC1. The fourth-order valence-electron chi connectivity index (χ4n) is 2.79. The molecule has 2 unspecified atom stereocenters. The van der Waals surface area contributed by atoms with Gasteiger partial charge >= 0.3 is 0 Å². The van der Waals surface area contributed by atoms with Gasteiger partial charge < -0.3 is 10.8 Å². The number of aliphatic hydroxyl groups is 1. The second-order valence-electron chi connectivity index (χ2n) is 5.84. The molecule has 106 valence electrons. The van der Waals surface area contributed by atoms with Crippen molar-refractivity contribution in [3.63, 3.8) is 0 Å². The van der Waals surface area contributed by atoms with Crippen molar-refractivity contribution in [2.75, 3.05) is 13.1 Å². The van der Waals surface area contributed by atoms with Crippen molar-refractivity contribution < 1.29 is 5.11 Å². The summed E-state index contributed by atoms with van der Waals surface area (Å²) in [5, 5.41) is 10.1. The van der Waals surface area contributed by atoms with E-state index in [-0.39, 0.29) is 12.1 Å². The molecule has 19 heavy (non-hydrogen) atoms. The summed E-state index contributed by atoms with van der Waals surface area (Å²) in [4.78, 5) is 6.61. The number of piperidine rings is 1. The smallest absolute Gasteiger partial charge is 0.0644 e. The lowest BCUT2D eigenvalue weighted by Crippen LogP contribution is -2.48. The Hall–Kier alpha value is -0.970. The molecule has 1 fully saturated rings. The Kier molecular flexibility index (Phi) is 4.55. The van der Waals surface area contributed by atoms with Crippen LogP contribution in [0.25, 0.3) is 0 Å². The summed E-state index contributed by atoms with van der Waals surface area (Å²) in [5.74, 6) is 0. The van der Waals surface area contributed by atoms with Gasteiger partial charge in [0.2, 0.25) is 0 Å². The van der Waals surface area contributed by atoms with Crippen molar-refractivity contribution >= 4 is 0 Å². The number of hydrogen-bond acceptors (Lipinski definition) is 4. The summed E-state index contributed by atoms with van der Waals surface area (Å²) < 4.78 is 0. The monoisotopic (exact) mass is 263 g/mol. The summed E-state index contributed by atoms with van der Waals surface area (Å²) in [6.07, 6.45) is 6.25. The minimum Gasteiger partial charge on any atom is -0.390 e. The predicted molar refractivity (Wildman–Crippen MR) is 76.7 cm³/mol. The Morgan fingerprint density at radius 2 is 2.16 bits per heavy atom. The first kappa shape index (κ1) is 14.4. The average molecular weight is 263 g/mol. The quantitative estimate of drug-likeness (QED) is 0.868. The van der Waals surface area contributed by atoms with Crippen LogP contribution in [0.3, 0.4) is 0 Å². The first-order valence-electron chi connectivity index (χ1n) is 7.15. The molecule has 0 spiro atoms. The van der Waals surface area contributed by atoms with Crippen LogP contribution in [0.15, 0.2) is 24.5 Å². The molecule has 0 aromatic carbocycles. The van der Waals surface area contributed by atoms with E-state index in [1.165, 1.54) is 5.56 Å². The predicted octanol–water partition coefficient (Wildman–Crippen LogP) is 1.71. The zero-order valence-electron chi connectivity index (χ0n) is 11.9. The number of likely N-dealkylation sites (tertiary alicyclic amines) is 1. The second kappa shape index (κ2) is 5.99. The summed E-state index contributed by atoms with van der Waals surface area (Å²) in [5.41, 5.74) is 6.97. The molecule has 2 atom stereocenters. The molecular formula is C15H25N3O. The summed E-state index contributed by atoms with van der Waals surface area (Å²) in [6.45, 7) is 5.82. The molecule has 1 aromatic heterocycles. The molecule has 4 nitrogen and oxygen atoms in total. The summed E-state index contributed by atoms with van der Waals surface area (Å²) in [7, 11) is 0. The van der Waals surface area contributed by atoms with Crippen molar-refractivity contribution in [3.05, 3.63) is 30.1 Å². The van der Waals surface area contributed by atoms with E-state index in [2.05, 4.69) is 22.9 Å². The van der Waals surface area contributed by atoms with Crippen molar-refractivity contribution in [1.82, 2.24) is 9.88 Å². The lowest BCUT2D eigenvalue weighted by molar-refractivity contribution is -0.0202. The molecule has 1 aliphatic rings. The highest BCUT2D eigenvalue weighted by Gasteiger charge is 2.33. The van der Waals surface area contributed by atoms with Crippen LogP contribution in [0.2, 0.25) is 0 Å². The number of aromatic nitrogens is 1. The third-order valence-electron chi connectivity index (χ3n) is 4.17. The van der Waals surface area contributed by atoms with Crippen LogP contribution in [-0.2, 0) is 0 Å². The fraction of sp³-hybridized carbons (Fsp3) is 0.667. The lowest BCUT2D eigenvalue weighted by atomic mass is 9.89. The molecule has 3 N–H and O–H groups in total. The molecule has 1 aromatic rings. The maximum Gasteiger partial charge on any atom is 0.0644 e. The molecule has 1 aliphatic heterocycles. The van der Waals surface area contributed by atoms with Gasteiger partial charge in [0, 0.05) is 31.5 Å². The van der Waals surface area contributed by atoms with Crippen LogP contribution in [0.1, 0.15) is 44.7 Å². The van der Waals surface area contributed by atoms with Gasteiger partial charge in [-0.05, 0) is 37.8 Å². The van der Waals surface area contributed by atoms with Gasteiger partial charge in [-0.1, -0.05) is 13.0 Å². The van der Waals surface area contributed by atoms with Crippen molar-refractivity contribution in [2.24, 2.45) is 5.73 Å². The van der Waals surface area contributed by atoms with Crippen molar-refractivity contribution in [3.8, 4) is 0 Å². The van der Waals surface area contributed by atoms with Crippen LogP contribution in [0, 0.1) is 0 Å². The molecular weight excluding hydrogens is 238 g/mol. The van der Waals surface area contributed by atoms with Gasteiger partial charge in [0.05, 0.1) is 11.6 Å². The Labute approximate surface area is 115 Å². The van der Waals surface area contributed by atoms with E-state index in [9.17, 15) is 5.11 Å². The molecule has 0 amide bonds. The van der Waals surface area contributed by atoms with Crippen molar-refractivity contribution in [2.45, 2.75) is 50.8 Å². The minimum absolute atomic E-state index is 0.104. The van der Waals surface area contributed by atoms with E-state index in [0.717, 1.165) is 32.4 Å². The zero-order valence-corrected chi connectivity index (χ0v) is 11.9. The number of rotatable bonds is 4. The minimum atomic E-state index is -0.522. The average Bonchev–Trinajstić information content (AvgIpc) is 2.42. The zero-order chi connectivity index (χ0) is 13.9. The van der Waals surface area contributed by atoms with E-state index >= 15 is 0 Å². The van der Waals surface area contributed by atoms with Gasteiger partial charge in [-0.15, -0.1) is 0 Å². The standard InChI is InChI=1S/C15H25N3O/c1-3-13(16)14(12-5-4-8-17-11-12)18-9-6-15(2,19)7-10-18/h4-5,8,11,13-14,19H,3,6-7,9-10,16H2,1-2H3. The lowest BCUT2D eigenvalue weighted by Gasteiger charge is -2.42. The van der Waals surface area contributed by atoms with E-state index in [4.69, 9.17) is 5.73 Å². The third kappa shape index (κ3) is 3.53. The molecule has 2 heterocycles. The van der Waals surface area contributed by atoms with Gasteiger partial charge in [-0.3, -0.25) is 9.88 Å². The topological polar surface area (TPSA) is 62.4 Å². The molecule has 1 saturated heterocycles. The summed E-state index contributed by atoms with van der Waals surface area (Å²) >= 11 is 0. The molecule has 0 bridgehead atoms. The second-order valence-corrected chi connectivity index (χ2v) is 5.84. The first-order chi connectivity index (χ1) is 9.03. The van der Waals surface area contributed by atoms with Crippen LogP contribution in [0.5, 0.6) is 0 Å². The Balaban J connectivity index is 2.16. The van der Waals surface area contributed by atoms with Gasteiger partial charge in [-0.25, -0.2) is 0 Å². The van der Waals surface area contributed by atoms with Gasteiger partial charge in [0.15, 0.2) is 0 Å². The highest BCUT2D eigenvalue weighted by molar-refractivity contribution is 5.16. The first-order valence-corrected chi connectivity index (χ1v) is 7.15. The Bertz CT molecular complexity index is 384. The number of nitrogens with two attached hydrogens (primary N) is 1. The largest absolute Gasteiger partial charge is 0.390 e. The van der Waals surface area contributed by atoms with Crippen LogP contribution >= 0.6 is 0 Å². The van der Waals surface area contributed by atoms with E-state index < -0.39 is 5.60 Å². The highest BCUT2D eigenvalue weighted by atomic mass is 16.3. The van der Waals surface area contributed by atoms with Gasteiger partial charge in [0.1, 0.15) is 0 Å². The van der Waals surface area contributed by atoms with Crippen LogP contribution < -0.4 is 5.73 Å². The maximum atomic E-state index is 10.1. The number of pyridine rings is 1. The fourth-order valence-corrected chi connectivity index (χ4v) is 2.79. The van der Waals surface area contributed by atoms with Gasteiger partial charge in [-0.2, -0.15) is 0 Å². The number of nitrogens with zero attached hydrogens (tertiary/aromatic N) is 2. The maximum absolute atomic E-state index is 10.1. The Morgan fingerprint density at radius 1 is 1.47 bits per heavy atom. The van der Waals surface area contributed by atoms with E-state index in [0.29, 0.717) is 0 Å². The molecule has 0 aliphatic carbocycles. The van der Waals surface area contributed by atoms with Crippen molar-refractivity contribution in [1.29, 1.82) is 0 Å². The Morgan fingerprint density at radius 3 is 2.68 bits per heavy atom. The highest BCUT2D eigenvalue weighted by Crippen LogP contribution is 2.30. The third-order valence-corrected chi connectivity index (χ3v) is 4.17. The number of hydrogen-bond donors (Lipinski definition) is 2. The normalized spacial score (nSPS) is 22.9. The molecule has 2 rings (SSSR count). The molecule has 0 radical (unpaired) electrons. The summed E-state index contributed by atoms with van der Waals surface area (Å²) in [6, 6.07) is 4.37. The molecule has 0 saturated carbocycles. The molecule has 4 heteroatoms. The van der Waals surface area contributed by atoms with Crippen LogP contribution in [-0.4, -0.2) is 39.7 Å². The van der Waals surface area contributed by atoms with Gasteiger partial charge in [0.25, 0.3) is 0 Å².